The minimum atomic E-state index is -1.69. The molecule has 0 amide bonds. The van der Waals surface area contributed by atoms with Gasteiger partial charge in [0.15, 0.2) is 23.9 Å². The van der Waals surface area contributed by atoms with Crippen LogP contribution in [0.3, 0.4) is 0 Å². The van der Waals surface area contributed by atoms with E-state index in [-0.39, 0.29) is 5.57 Å². The smallest absolute Gasteiger partial charge is 0.344 e. The van der Waals surface area contributed by atoms with Crippen LogP contribution in [0.5, 0.6) is 11.5 Å². The first kappa shape index (κ1) is 21.3. The molecule has 2 bridgehead atoms. The van der Waals surface area contributed by atoms with Crippen LogP contribution in [0.2, 0.25) is 0 Å². The van der Waals surface area contributed by atoms with Gasteiger partial charge in [-0.1, -0.05) is 6.58 Å². The third-order valence-electron chi connectivity index (χ3n) is 8.60. The summed E-state index contributed by atoms with van der Waals surface area (Å²) >= 11 is 0. The molecule has 0 aromatic heterocycles. The van der Waals surface area contributed by atoms with Gasteiger partial charge < -0.3 is 14.2 Å². The second kappa shape index (κ2) is 6.75. The second-order valence-electron chi connectivity index (χ2n) is 10.0. The van der Waals surface area contributed by atoms with E-state index >= 15 is 0 Å². The van der Waals surface area contributed by atoms with Crippen LogP contribution in [0.4, 0.5) is 13.2 Å². The lowest BCUT2D eigenvalue weighted by Crippen LogP contribution is -2.66. The van der Waals surface area contributed by atoms with Crippen molar-refractivity contribution in [1.29, 1.82) is 0 Å². The SMILES string of the molecule is C=C(C)C(=O)Oc1c(C)c(F)c(OCC(=O)OC2(C)C3CC4CC5CC2C45C3)c(F)c1F. The highest BCUT2D eigenvalue weighted by atomic mass is 19.2. The van der Waals surface area contributed by atoms with Gasteiger partial charge in [0.2, 0.25) is 11.6 Å². The van der Waals surface area contributed by atoms with Crippen molar-refractivity contribution in [2.24, 2.45) is 29.1 Å². The molecule has 4 aliphatic rings. The molecule has 6 unspecified atom stereocenters. The predicted molar refractivity (Wildman–Crippen MR) is 106 cm³/mol. The van der Waals surface area contributed by atoms with Gasteiger partial charge in [-0.25, -0.2) is 14.0 Å². The summed E-state index contributed by atoms with van der Waals surface area (Å²) in [5, 5.41) is 0. The Hall–Kier alpha value is -2.51. The quantitative estimate of drug-likeness (QED) is 0.274. The Morgan fingerprint density at radius 1 is 1.03 bits per heavy atom. The van der Waals surface area contributed by atoms with Crippen LogP contribution in [0.1, 0.15) is 45.1 Å². The molecule has 0 heterocycles. The molecule has 1 aromatic carbocycles. The lowest BCUT2D eigenvalue weighted by atomic mass is 9.36. The molecule has 0 radical (unpaired) electrons. The van der Waals surface area contributed by atoms with Gasteiger partial charge in [0.25, 0.3) is 0 Å². The topological polar surface area (TPSA) is 61.8 Å². The number of fused-ring (bicyclic) bond motifs is 1. The highest BCUT2D eigenvalue weighted by molar-refractivity contribution is 5.89. The second-order valence-corrected chi connectivity index (χ2v) is 10.0. The van der Waals surface area contributed by atoms with E-state index in [1.54, 1.807) is 0 Å². The third-order valence-corrected chi connectivity index (χ3v) is 8.60. The number of esters is 2. The average molecular weight is 450 g/mol. The van der Waals surface area contributed by atoms with E-state index in [9.17, 15) is 22.8 Å². The predicted octanol–water partition coefficient (Wildman–Crippen LogP) is 4.64. The summed E-state index contributed by atoms with van der Waals surface area (Å²) in [6.45, 7) is 6.97. The van der Waals surface area contributed by atoms with E-state index in [1.807, 2.05) is 6.92 Å². The van der Waals surface area contributed by atoms with Crippen molar-refractivity contribution in [3.63, 3.8) is 0 Å². The molecule has 5 rings (SSSR count). The largest absolute Gasteiger partial charge is 0.476 e. The molecular weight excluding hydrogens is 425 g/mol. The first-order valence-corrected chi connectivity index (χ1v) is 10.9. The van der Waals surface area contributed by atoms with Crippen LogP contribution in [-0.2, 0) is 14.3 Å². The van der Waals surface area contributed by atoms with Crippen molar-refractivity contribution >= 4 is 11.9 Å². The van der Waals surface area contributed by atoms with Crippen LogP contribution in [-0.4, -0.2) is 24.1 Å². The van der Waals surface area contributed by atoms with Gasteiger partial charge in [-0.05, 0) is 69.6 Å². The zero-order valence-electron chi connectivity index (χ0n) is 18.2. The van der Waals surface area contributed by atoms with E-state index in [0.717, 1.165) is 38.0 Å². The molecule has 1 spiro atoms. The molecule has 4 aliphatic carbocycles. The molecular formula is C24H25F3O5. The zero-order chi connectivity index (χ0) is 23.2. The molecule has 172 valence electrons. The van der Waals surface area contributed by atoms with Gasteiger partial charge >= 0.3 is 11.9 Å². The van der Waals surface area contributed by atoms with Gasteiger partial charge in [0, 0.05) is 17.1 Å². The van der Waals surface area contributed by atoms with Gasteiger partial charge in [0.05, 0.1) is 0 Å². The van der Waals surface area contributed by atoms with Crippen LogP contribution < -0.4 is 9.47 Å². The lowest BCUT2D eigenvalue weighted by Gasteiger charge is -2.69. The van der Waals surface area contributed by atoms with Gasteiger partial charge in [0.1, 0.15) is 5.60 Å². The van der Waals surface area contributed by atoms with Crippen molar-refractivity contribution in [2.45, 2.75) is 52.1 Å². The van der Waals surface area contributed by atoms with Crippen molar-refractivity contribution in [1.82, 2.24) is 0 Å². The molecule has 32 heavy (non-hydrogen) atoms. The van der Waals surface area contributed by atoms with E-state index in [0.29, 0.717) is 17.3 Å². The van der Waals surface area contributed by atoms with Crippen molar-refractivity contribution in [2.75, 3.05) is 6.61 Å². The van der Waals surface area contributed by atoms with Crippen molar-refractivity contribution < 1.29 is 37.0 Å². The van der Waals surface area contributed by atoms with Crippen LogP contribution >= 0.6 is 0 Å². The fourth-order valence-electron chi connectivity index (χ4n) is 7.04. The van der Waals surface area contributed by atoms with Gasteiger partial charge in [-0.15, -0.1) is 0 Å². The summed E-state index contributed by atoms with van der Waals surface area (Å²) in [6, 6.07) is 0. The third kappa shape index (κ3) is 2.58. The summed E-state index contributed by atoms with van der Waals surface area (Å²) in [7, 11) is 0. The Labute approximate surface area is 183 Å². The van der Waals surface area contributed by atoms with Crippen LogP contribution in [0.25, 0.3) is 0 Å². The maximum atomic E-state index is 14.7. The zero-order valence-corrected chi connectivity index (χ0v) is 18.2. The summed E-state index contributed by atoms with van der Waals surface area (Å²) < 4.78 is 59.1. The first-order valence-electron chi connectivity index (χ1n) is 10.9. The lowest BCUT2D eigenvalue weighted by molar-refractivity contribution is -0.246. The van der Waals surface area contributed by atoms with Crippen LogP contribution in [0, 0.1) is 53.5 Å². The highest BCUT2D eigenvalue weighted by Gasteiger charge is 2.81. The summed E-state index contributed by atoms with van der Waals surface area (Å²) in [4.78, 5) is 24.2. The van der Waals surface area contributed by atoms with Gasteiger partial charge in [-0.3, -0.25) is 0 Å². The molecule has 0 saturated heterocycles. The molecule has 5 nitrogen and oxygen atoms in total. The Kier molecular flexibility index (Phi) is 4.50. The number of ether oxygens (including phenoxy) is 3. The normalized spacial score (nSPS) is 35.4. The minimum Gasteiger partial charge on any atom is -0.476 e. The fourth-order valence-corrected chi connectivity index (χ4v) is 7.04. The van der Waals surface area contributed by atoms with E-state index in [4.69, 9.17) is 14.2 Å². The maximum absolute atomic E-state index is 14.7. The number of carbonyl (C=O) groups excluding carboxylic acids is 2. The summed E-state index contributed by atoms with van der Waals surface area (Å²) in [5.74, 6) is -6.12. The molecule has 8 heteroatoms. The van der Waals surface area contributed by atoms with E-state index in [2.05, 4.69) is 6.58 Å². The highest BCUT2D eigenvalue weighted by Crippen LogP contribution is 2.84. The maximum Gasteiger partial charge on any atom is 0.344 e. The summed E-state index contributed by atoms with van der Waals surface area (Å²) in [6.07, 6.45) is 4.46. The van der Waals surface area contributed by atoms with E-state index in [1.165, 1.54) is 13.3 Å². The molecule has 4 saturated carbocycles. The first-order chi connectivity index (χ1) is 15.0. The number of benzene rings is 1. The Morgan fingerprint density at radius 2 is 1.66 bits per heavy atom. The van der Waals surface area contributed by atoms with Crippen molar-refractivity contribution in [3.05, 3.63) is 35.2 Å². The number of hydrogen-bond acceptors (Lipinski definition) is 5. The Morgan fingerprint density at radius 3 is 2.28 bits per heavy atom. The molecule has 4 fully saturated rings. The Balaban J connectivity index is 1.28. The number of rotatable bonds is 6. The molecule has 1 aromatic rings. The minimum absolute atomic E-state index is 0.0626. The molecule has 0 aliphatic heterocycles. The van der Waals surface area contributed by atoms with E-state index < -0.39 is 58.7 Å². The average Bonchev–Trinajstić information content (AvgIpc) is 3.20. The van der Waals surface area contributed by atoms with Gasteiger partial charge in [-0.2, -0.15) is 8.78 Å². The van der Waals surface area contributed by atoms with Crippen LogP contribution in [0.15, 0.2) is 12.2 Å². The molecule has 0 N–H and O–H groups in total. The summed E-state index contributed by atoms with van der Waals surface area (Å²) in [5.41, 5.74) is -0.784. The monoisotopic (exact) mass is 450 g/mol. The number of carbonyl (C=O) groups is 2. The molecule has 6 atom stereocenters. The van der Waals surface area contributed by atoms with Crippen molar-refractivity contribution in [3.8, 4) is 11.5 Å². The number of halogens is 3. The fraction of sp³-hybridized carbons (Fsp3) is 0.583. The number of hydrogen-bond donors (Lipinski definition) is 0. The Bertz CT molecular complexity index is 1040. The standard InChI is InChI=1S/C24H25F3O5/c1-10(2)22(29)31-20-11(3)17(25)21(19(27)18(20)26)30-9-16(28)32-23(4)14-6-12-5-13-7-15(23)24(12,13)8-14/h12-15H,1,5-9H2,2-4H3.